The average molecular weight is 348 g/mol. The molecule has 2 heterocycles. The third-order valence-corrected chi connectivity index (χ3v) is 6.15. The molecule has 4 unspecified atom stereocenters. The molecule has 0 aromatic heterocycles. The van der Waals surface area contributed by atoms with Gasteiger partial charge in [0.2, 0.25) is 0 Å². The van der Waals surface area contributed by atoms with Gasteiger partial charge < -0.3 is 14.2 Å². The Balaban J connectivity index is 2.00. The number of rotatable bonds is 2. The highest BCUT2D eigenvalue weighted by Crippen LogP contribution is 2.67. The lowest BCUT2D eigenvalue weighted by atomic mass is 9.43. The number of carbonyl (C=O) groups excluding carboxylic acids is 5. The molecule has 5 aliphatic rings. The highest BCUT2D eigenvalue weighted by Gasteiger charge is 2.76. The largest absolute Gasteiger partial charge is 0.463 e. The van der Waals surface area contributed by atoms with E-state index in [-0.39, 0.29) is 12.2 Å². The third kappa shape index (κ3) is 1.64. The molecular formula is C17H16O8. The Kier molecular flexibility index (Phi) is 3.05. The van der Waals surface area contributed by atoms with E-state index in [9.17, 15) is 24.0 Å². The Morgan fingerprint density at radius 3 is 1.88 bits per heavy atom. The van der Waals surface area contributed by atoms with Crippen LogP contribution in [0.5, 0.6) is 0 Å². The van der Waals surface area contributed by atoms with Gasteiger partial charge >= 0.3 is 29.8 Å². The van der Waals surface area contributed by atoms with E-state index in [0.29, 0.717) is 5.57 Å². The van der Waals surface area contributed by atoms with Crippen molar-refractivity contribution in [2.24, 2.45) is 35.0 Å². The number of hydrogen-bond acceptors (Lipinski definition) is 8. The molecular weight excluding hydrogens is 332 g/mol. The summed E-state index contributed by atoms with van der Waals surface area (Å²) in [5, 5.41) is 0. The summed E-state index contributed by atoms with van der Waals surface area (Å²) in [6, 6.07) is 0. The molecule has 0 amide bonds. The minimum Gasteiger partial charge on any atom is -0.463 e. The molecule has 0 spiro atoms. The summed E-state index contributed by atoms with van der Waals surface area (Å²) in [6.45, 7) is 4.94. The molecule has 0 N–H and O–H groups in total. The quantitative estimate of drug-likeness (QED) is 0.394. The van der Waals surface area contributed by atoms with Gasteiger partial charge in [0.15, 0.2) is 0 Å². The second-order valence-corrected chi connectivity index (χ2v) is 7.07. The van der Waals surface area contributed by atoms with Crippen molar-refractivity contribution in [3.05, 3.63) is 11.1 Å². The normalized spacial score (nSPS) is 41.5. The minimum absolute atomic E-state index is 0.116. The maximum atomic E-state index is 12.6. The standard InChI is InChI=1S/C17H16O8/c1-4-23-14(20)9-5(2)6-7-10(15(21)24-12(7)18)17(9,3)11-8(6)13(19)25-16(11)22/h6-8,10-11H,4H2,1-3H3. The molecule has 8 nitrogen and oxygen atoms in total. The fraction of sp³-hybridized carbons (Fsp3) is 0.588. The first-order valence-corrected chi connectivity index (χ1v) is 8.14. The summed E-state index contributed by atoms with van der Waals surface area (Å²) in [5.41, 5.74) is -0.714. The van der Waals surface area contributed by atoms with E-state index in [0.717, 1.165) is 0 Å². The van der Waals surface area contributed by atoms with Crippen LogP contribution in [0.1, 0.15) is 20.8 Å². The van der Waals surface area contributed by atoms with E-state index in [2.05, 4.69) is 0 Å². The molecule has 25 heavy (non-hydrogen) atoms. The molecule has 5 rings (SSSR count). The lowest BCUT2D eigenvalue weighted by molar-refractivity contribution is -0.156. The van der Waals surface area contributed by atoms with Crippen molar-refractivity contribution in [2.75, 3.05) is 6.61 Å². The van der Waals surface area contributed by atoms with Crippen LogP contribution >= 0.6 is 0 Å². The molecule has 1 saturated carbocycles. The van der Waals surface area contributed by atoms with Crippen LogP contribution in [0, 0.1) is 35.0 Å². The van der Waals surface area contributed by atoms with Crippen molar-refractivity contribution in [1.82, 2.24) is 0 Å². The average Bonchev–Trinajstić information content (AvgIpc) is 2.98. The summed E-state index contributed by atoms with van der Waals surface area (Å²) < 4.78 is 14.7. The second-order valence-electron chi connectivity index (χ2n) is 7.07. The smallest absolute Gasteiger partial charge is 0.334 e. The van der Waals surface area contributed by atoms with Gasteiger partial charge in [-0.3, -0.25) is 19.2 Å². The monoisotopic (exact) mass is 348 g/mol. The van der Waals surface area contributed by atoms with E-state index < -0.39 is 64.9 Å². The van der Waals surface area contributed by atoms with Crippen molar-refractivity contribution in [2.45, 2.75) is 20.8 Å². The molecule has 4 atom stereocenters. The van der Waals surface area contributed by atoms with Gasteiger partial charge in [0, 0.05) is 16.9 Å². The zero-order chi connectivity index (χ0) is 18.3. The van der Waals surface area contributed by atoms with Crippen LogP contribution in [-0.4, -0.2) is 36.5 Å². The van der Waals surface area contributed by atoms with Crippen LogP contribution < -0.4 is 0 Å². The lowest BCUT2D eigenvalue weighted by Crippen LogP contribution is -2.61. The summed E-state index contributed by atoms with van der Waals surface area (Å²) in [5.74, 6) is -8.23. The molecule has 3 fully saturated rings. The second kappa shape index (κ2) is 4.77. The molecule has 2 aliphatic heterocycles. The summed E-state index contributed by atoms with van der Waals surface area (Å²) in [7, 11) is 0. The van der Waals surface area contributed by atoms with Gasteiger partial charge in [-0.05, 0) is 13.8 Å². The first-order valence-electron chi connectivity index (χ1n) is 8.14. The summed E-state index contributed by atoms with van der Waals surface area (Å²) >= 11 is 0. The SMILES string of the molecule is CCOC(=O)C1=C(C)C2C3C(=O)OC(=O)C3C1(C)C1C(=O)OC(=O)C21. The van der Waals surface area contributed by atoms with Crippen LogP contribution in [0.3, 0.4) is 0 Å². The van der Waals surface area contributed by atoms with Crippen LogP contribution in [0.25, 0.3) is 0 Å². The van der Waals surface area contributed by atoms with Crippen molar-refractivity contribution >= 4 is 29.8 Å². The molecule has 132 valence electrons. The Morgan fingerprint density at radius 1 is 0.960 bits per heavy atom. The van der Waals surface area contributed by atoms with E-state index in [1.54, 1.807) is 20.8 Å². The zero-order valence-electron chi connectivity index (χ0n) is 13.9. The zero-order valence-corrected chi connectivity index (χ0v) is 13.9. The molecule has 2 saturated heterocycles. The van der Waals surface area contributed by atoms with Crippen LogP contribution in [0.2, 0.25) is 0 Å². The highest BCUT2D eigenvalue weighted by molar-refractivity contribution is 6.07. The number of carbonyl (C=O) groups is 5. The van der Waals surface area contributed by atoms with E-state index in [1.807, 2.05) is 0 Å². The van der Waals surface area contributed by atoms with Crippen molar-refractivity contribution in [1.29, 1.82) is 0 Å². The number of ether oxygens (including phenoxy) is 3. The Labute approximate surface area is 142 Å². The van der Waals surface area contributed by atoms with Crippen molar-refractivity contribution in [3.63, 3.8) is 0 Å². The number of allylic oxidation sites excluding steroid dienone is 1. The van der Waals surface area contributed by atoms with Gasteiger partial charge in [-0.1, -0.05) is 12.5 Å². The Hall–Kier alpha value is -2.51. The molecule has 2 bridgehead atoms. The summed E-state index contributed by atoms with van der Waals surface area (Å²) in [6.07, 6.45) is 0. The van der Waals surface area contributed by atoms with Crippen LogP contribution in [-0.2, 0) is 38.2 Å². The maximum absolute atomic E-state index is 12.6. The van der Waals surface area contributed by atoms with Gasteiger partial charge in [-0.15, -0.1) is 0 Å². The summed E-state index contributed by atoms with van der Waals surface area (Å²) in [4.78, 5) is 61.9. The van der Waals surface area contributed by atoms with Gasteiger partial charge in [-0.25, -0.2) is 4.79 Å². The van der Waals surface area contributed by atoms with E-state index >= 15 is 0 Å². The lowest BCUT2D eigenvalue weighted by Gasteiger charge is -2.54. The predicted octanol–water partition coefficient (Wildman–Crippen LogP) is 0.147. The van der Waals surface area contributed by atoms with Crippen LogP contribution in [0.15, 0.2) is 11.1 Å². The number of esters is 5. The van der Waals surface area contributed by atoms with E-state index in [1.165, 1.54) is 0 Å². The van der Waals surface area contributed by atoms with Gasteiger partial charge in [0.25, 0.3) is 0 Å². The van der Waals surface area contributed by atoms with Gasteiger partial charge in [0.05, 0.1) is 30.3 Å². The van der Waals surface area contributed by atoms with Gasteiger partial charge in [-0.2, -0.15) is 0 Å². The topological polar surface area (TPSA) is 113 Å². The fourth-order valence-corrected chi connectivity index (χ4v) is 5.41. The first kappa shape index (κ1) is 16.0. The molecule has 0 aromatic rings. The maximum Gasteiger partial charge on any atom is 0.334 e. The predicted molar refractivity (Wildman–Crippen MR) is 77.1 cm³/mol. The first-order chi connectivity index (χ1) is 11.7. The number of cyclic esters (lactones) is 4. The highest BCUT2D eigenvalue weighted by atomic mass is 16.6. The van der Waals surface area contributed by atoms with Gasteiger partial charge in [0.1, 0.15) is 0 Å². The molecule has 0 aromatic carbocycles. The Morgan fingerprint density at radius 2 is 1.44 bits per heavy atom. The van der Waals surface area contributed by atoms with Crippen molar-refractivity contribution < 1.29 is 38.2 Å². The molecule has 8 heteroatoms. The fourth-order valence-electron chi connectivity index (χ4n) is 5.41. The van der Waals surface area contributed by atoms with Crippen molar-refractivity contribution in [3.8, 4) is 0 Å². The van der Waals surface area contributed by atoms with Crippen LogP contribution in [0.4, 0.5) is 0 Å². The van der Waals surface area contributed by atoms with E-state index in [4.69, 9.17) is 14.2 Å². The third-order valence-electron chi connectivity index (χ3n) is 6.15. The molecule has 0 radical (unpaired) electrons. The minimum atomic E-state index is -1.38. The Bertz CT molecular complexity index is 748. The number of hydrogen-bond donors (Lipinski definition) is 0. The molecule has 3 aliphatic carbocycles.